The van der Waals surface area contributed by atoms with Crippen molar-refractivity contribution >= 4 is 0 Å². The van der Waals surface area contributed by atoms with Crippen molar-refractivity contribution in [2.24, 2.45) is 5.92 Å². The quantitative estimate of drug-likeness (QED) is 0.883. The number of hydrogen-bond acceptors (Lipinski definition) is 2. The van der Waals surface area contributed by atoms with E-state index in [1.807, 2.05) is 0 Å². The number of nitrogens with one attached hydrogen (secondary N) is 1. The zero-order valence-electron chi connectivity index (χ0n) is 11.9. The third-order valence-corrected chi connectivity index (χ3v) is 3.59. The van der Waals surface area contributed by atoms with Crippen molar-refractivity contribution in [2.45, 2.75) is 52.3 Å². The lowest BCUT2D eigenvalue weighted by molar-refractivity contribution is -0.0284. The van der Waals surface area contributed by atoms with Gasteiger partial charge >= 0.3 is 0 Å². The third kappa shape index (κ3) is 3.33. The number of morpholine rings is 1. The van der Waals surface area contributed by atoms with Crippen LogP contribution in [-0.2, 0) is 4.74 Å². The minimum absolute atomic E-state index is 0.189. The molecule has 1 N–H and O–H groups in total. The van der Waals surface area contributed by atoms with Crippen molar-refractivity contribution in [2.75, 3.05) is 6.61 Å². The molecule has 18 heavy (non-hydrogen) atoms. The van der Waals surface area contributed by atoms with E-state index in [-0.39, 0.29) is 6.10 Å². The highest BCUT2D eigenvalue weighted by Crippen LogP contribution is 2.26. The van der Waals surface area contributed by atoms with Gasteiger partial charge in [-0.3, -0.25) is 0 Å². The Kier molecular flexibility index (Phi) is 4.41. The van der Waals surface area contributed by atoms with E-state index in [0.29, 0.717) is 18.0 Å². The summed E-state index contributed by atoms with van der Waals surface area (Å²) in [6.07, 6.45) is 1.37. The van der Waals surface area contributed by atoms with Crippen LogP contribution in [0.4, 0.5) is 0 Å². The van der Waals surface area contributed by atoms with Gasteiger partial charge in [-0.1, -0.05) is 43.7 Å². The Hall–Kier alpha value is -0.860. The van der Waals surface area contributed by atoms with E-state index in [4.69, 9.17) is 4.74 Å². The average Bonchev–Trinajstić information content (AvgIpc) is 2.30. The molecule has 1 saturated heterocycles. The summed E-state index contributed by atoms with van der Waals surface area (Å²) in [4.78, 5) is 0. The molecule has 1 aliphatic heterocycles. The Morgan fingerprint density at radius 3 is 2.50 bits per heavy atom. The van der Waals surface area contributed by atoms with Crippen LogP contribution in [0.3, 0.4) is 0 Å². The maximum Gasteiger partial charge on any atom is 0.0975 e. The standard InChI is InChI=1S/C16H25NO/c1-11(2)9-15-10-18-16(13(4)17-15)14-7-5-12(3)6-8-14/h5-8,11,13,15-17H,9-10H2,1-4H3. The molecular weight excluding hydrogens is 222 g/mol. The first-order chi connectivity index (χ1) is 8.56. The van der Waals surface area contributed by atoms with Crippen molar-refractivity contribution in [1.82, 2.24) is 5.32 Å². The largest absolute Gasteiger partial charge is 0.370 e. The molecule has 0 bridgehead atoms. The number of benzene rings is 1. The van der Waals surface area contributed by atoms with Crippen molar-refractivity contribution < 1.29 is 4.74 Å². The molecule has 0 aromatic heterocycles. The highest BCUT2D eigenvalue weighted by atomic mass is 16.5. The summed E-state index contributed by atoms with van der Waals surface area (Å²) in [5.41, 5.74) is 2.58. The Balaban J connectivity index is 1.99. The van der Waals surface area contributed by atoms with E-state index in [1.54, 1.807) is 0 Å². The maximum atomic E-state index is 6.07. The van der Waals surface area contributed by atoms with Crippen LogP contribution in [0.25, 0.3) is 0 Å². The number of ether oxygens (including phenoxy) is 1. The zero-order chi connectivity index (χ0) is 13.1. The third-order valence-electron chi connectivity index (χ3n) is 3.59. The second-order valence-corrected chi connectivity index (χ2v) is 5.95. The summed E-state index contributed by atoms with van der Waals surface area (Å²) in [7, 11) is 0. The maximum absolute atomic E-state index is 6.07. The van der Waals surface area contributed by atoms with Gasteiger partial charge in [0.2, 0.25) is 0 Å². The van der Waals surface area contributed by atoms with Gasteiger partial charge in [0.05, 0.1) is 12.7 Å². The summed E-state index contributed by atoms with van der Waals surface area (Å²) in [5, 5.41) is 3.69. The molecule has 3 unspecified atom stereocenters. The molecule has 1 aromatic carbocycles. The highest BCUT2D eigenvalue weighted by Gasteiger charge is 2.28. The van der Waals surface area contributed by atoms with Gasteiger partial charge in [0.25, 0.3) is 0 Å². The van der Waals surface area contributed by atoms with E-state index < -0.39 is 0 Å². The predicted molar refractivity (Wildman–Crippen MR) is 75.7 cm³/mol. The monoisotopic (exact) mass is 247 g/mol. The van der Waals surface area contributed by atoms with Crippen molar-refractivity contribution in [3.8, 4) is 0 Å². The van der Waals surface area contributed by atoms with Crippen LogP contribution in [0.15, 0.2) is 24.3 Å². The number of aryl methyl sites for hydroxylation is 1. The molecule has 0 saturated carbocycles. The van der Waals surface area contributed by atoms with Gasteiger partial charge in [-0.15, -0.1) is 0 Å². The van der Waals surface area contributed by atoms with Gasteiger partial charge in [-0.25, -0.2) is 0 Å². The number of rotatable bonds is 3. The first-order valence-electron chi connectivity index (χ1n) is 7.00. The molecule has 1 aromatic rings. The first-order valence-corrected chi connectivity index (χ1v) is 7.00. The Labute approximate surface area is 111 Å². The molecular formula is C16H25NO. The second-order valence-electron chi connectivity index (χ2n) is 5.95. The lowest BCUT2D eigenvalue weighted by atomic mass is 9.96. The van der Waals surface area contributed by atoms with Crippen molar-refractivity contribution in [1.29, 1.82) is 0 Å². The summed E-state index contributed by atoms with van der Waals surface area (Å²) in [5.74, 6) is 0.717. The van der Waals surface area contributed by atoms with Crippen LogP contribution in [-0.4, -0.2) is 18.7 Å². The minimum Gasteiger partial charge on any atom is -0.370 e. The van der Waals surface area contributed by atoms with Gasteiger partial charge < -0.3 is 10.1 Å². The molecule has 100 valence electrons. The SMILES string of the molecule is Cc1ccc(C2OCC(CC(C)C)NC2C)cc1. The fourth-order valence-electron chi connectivity index (χ4n) is 2.72. The molecule has 0 aliphatic carbocycles. The van der Waals surface area contributed by atoms with E-state index in [0.717, 1.165) is 6.61 Å². The van der Waals surface area contributed by atoms with Gasteiger partial charge in [0.1, 0.15) is 0 Å². The molecule has 0 amide bonds. The molecule has 0 radical (unpaired) electrons. The highest BCUT2D eigenvalue weighted by molar-refractivity contribution is 5.24. The molecule has 0 spiro atoms. The first kappa shape index (κ1) is 13.6. The average molecular weight is 247 g/mol. The fourth-order valence-corrected chi connectivity index (χ4v) is 2.72. The molecule has 2 rings (SSSR count). The lowest BCUT2D eigenvalue weighted by Gasteiger charge is -2.36. The molecule has 1 heterocycles. The van der Waals surface area contributed by atoms with Crippen LogP contribution >= 0.6 is 0 Å². The van der Waals surface area contributed by atoms with Crippen LogP contribution in [0.1, 0.15) is 44.4 Å². The van der Waals surface area contributed by atoms with Gasteiger partial charge in [0.15, 0.2) is 0 Å². The lowest BCUT2D eigenvalue weighted by Crippen LogP contribution is -2.49. The Morgan fingerprint density at radius 1 is 1.28 bits per heavy atom. The fraction of sp³-hybridized carbons (Fsp3) is 0.625. The van der Waals surface area contributed by atoms with E-state index >= 15 is 0 Å². The van der Waals surface area contributed by atoms with Crippen LogP contribution in [0, 0.1) is 12.8 Å². The van der Waals surface area contributed by atoms with Crippen LogP contribution < -0.4 is 5.32 Å². The Bertz CT molecular complexity index is 371. The van der Waals surface area contributed by atoms with Crippen LogP contribution in [0.2, 0.25) is 0 Å². The second kappa shape index (κ2) is 5.85. The molecule has 3 atom stereocenters. The molecule has 1 aliphatic rings. The number of hydrogen-bond donors (Lipinski definition) is 1. The van der Waals surface area contributed by atoms with E-state index in [2.05, 4.69) is 57.3 Å². The smallest absolute Gasteiger partial charge is 0.0975 e. The normalized spacial score (nSPS) is 28.6. The topological polar surface area (TPSA) is 21.3 Å². The molecule has 2 nitrogen and oxygen atoms in total. The van der Waals surface area contributed by atoms with Crippen molar-refractivity contribution in [3.63, 3.8) is 0 Å². The summed E-state index contributed by atoms with van der Waals surface area (Å²) < 4.78 is 6.07. The van der Waals surface area contributed by atoms with Gasteiger partial charge in [-0.05, 0) is 31.7 Å². The zero-order valence-corrected chi connectivity index (χ0v) is 11.9. The minimum atomic E-state index is 0.189. The summed E-state index contributed by atoms with van der Waals surface area (Å²) >= 11 is 0. The van der Waals surface area contributed by atoms with E-state index in [9.17, 15) is 0 Å². The van der Waals surface area contributed by atoms with Crippen LogP contribution in [0.5, 0.6) is 0 Å². The summed E-state index contributed by atoms with van der Waals surface area (Å²) in [6, 6.07) is 9.56. The van der Waals surface area contributed by atoms with Crippen molar-refractivity contribution in [3.05, 3.63) is 35.4 Å². The van der Waals surface area contributed by atoms with E-state index in [1.165, 1.54) is 17.5 Å². The molecule has 2 heteroatoms. The predicted octanol–water partition coefficient (Wildman–Crippen LogP) is 3.46. The summed E-state index contributed by atoms with van der Waals surface area (Å²) in [6.45, 7) is 9.68. The van der Waals surface area contributed by atoms with Gasteiger partial charge in [-0.2, -0.15) is 0 Å². The molecule has 1 fully saturated rings. The van der Waals surface area contributed by atoms with Gasteiger partial charge in [0, 0.05) is 12.1 Å². The Morgan fingerprint density at radius 2 is 1.94 bits per heavy atom.